The minimum absolute atomic E-state index is 0.429. The first-order valence-corrected chi connectivity index (χ1v) is 5.10. The van der Waals surface area contributed by atoms with Crippen LogP contribution >= 0.6 is 0 Å². The Bertz CT molecular complexity index is 588. The monoisotopic (exact) mass is 214 g/mol. The zero-order chi connectivity index (χ0) is 11.9. The summed E-state index contributed by atoms with van der Waals surface area (Å²) in [5.41, 5.74) is 14.2. The molecule has 0 radical (unpaired) electrons. The van der Waals surface area contributed by atoms with E-state index >= 15 is 0 Å². The highest BCUT2D eigenvalue weighted by Crippen LogP contribution is 2.28. The van der Waals surface area contributed by atoms with E-state index in [1.807, 2.05) is 38.1 Å². The summed E-state index contributed by atoms with van der Waals surface area (Å²) in [7, 11) is 0. The van der Waals surface area contributed by atoms with Crippen LogP contribution in [0.3, 0.4) is 0 Å². The third-order valence-corrected chi connectivity index (χ3v) is 2.78. The largest absolute Gasteiger partial charge is 0.398 e. The molecule has 0 aromatic heterocycles. The number of nitrogen functional groups attached to an aromatic ring is 1. The van der Waals surface area contributed by atoms with Gasteiger partial charge in [0.05, 0.1) is 11.3 Å². The molecule has 2 aromatic carbocycles. The smallest absolute Gasteiger partial charge is 0.251 e. The number of aryl methyl sites for hydroxylation is 2. The van der Waals surface area contributed by atoms with E-state index in [1.165, 1.54) is 0 Å². The fraction of sp³-hybridized carbons (Fsp3) is 0.154. The number of rotatable bonds is 1. The van der Waals surface area contributed by atoms with Gasteiger partial charge in [-0.2, -0.15) is 0 Å². The molecule has 0 aliphatic rings. The van der Waals surface area contributed by atoms with Crippen LogP contribution in [-0.2, 0) is 0 Å². The molecule has 0 saturated heterocycles. The summed E-state index contributed by atoms with van der Waals surface area (Å²) in [6.45, 7) is 3.83. The lowest BCUT2D eigenvalue weighted by Crippen LogP contribution is -2.15. The minimum Gasteiger partial charge on any atom is -0.398 e. The quantitative estimate of drug-likeness (QED) is 0.714. The number of nitrogens with two attached hydrogens (primary N) is 2. The van der Waals surface area contributed by atoms with Gasteiger partial charge in [0.2, 0.25) is 0 Å². The fourth-order valence-corrected chi connectivity index (χ4v) is 2.01. The Balaban J connectivity index is 2.90. The molecule has 0 bridgehead atoms. The lowest BCUT2D eigenvalue weighted by Gasteiger charge is -2.10. The molecular weight excluding hydrogens is 200 g/mol. The van der Waals surface area contributed by atoms with Crippen molar-refractivity contribution in [1.82, 2.24) is 0 Å². The van der Waals surface area contributed by atoms with Gasteiger partial charge in [-0.1, -0.05) is 23.8 Å². The van der Waals surface area contributed by atoms with Gasteiger partial charge in [-0.05, 0) is 30.9 Å². The first kappa shape index (κ1) is 10.5. The van der Waals surface area contributed by atoms with Crippen LogP contribution in [0.2, 0.25) is 0 Å². The van der Waals surface area contributed by atoms with Crippen LogP contribution in [0.1, 0.15) is 21.5 Å². The van der Waals surface area contributed by atoms with Gasteiger partial charge in [-0.3, -0.25) is 4.79 Å². The van der Waals surface area contributed by atoms with Crippen LogP contribution in [0.25, 0.3) is 10.8 Å². The molecule has 4 N–H and O–H groups in total. The Morgan fingerprint density at radius 1 is 1.19 bits per heavy atom. The van der Waals surface area contributed by atoms with Gasteiger partial charge in [0.25, 0.3) is 5.91 Å². The second-order valence-corrected chi connectivity index (χ2v) is 4.07. The lowest BCUT2D eigenvalue weighted by atomic mass is 9.97. The first-order chi connectivity index (χ1) is 7.50. The summed E-state index contributed by atoms with van der Waals surface area (Å²) >= 11 is 0. The van der Waals surface area contributed by atoms with Crippen LogP contribution in [0, 0.1) is 13.8 Å². The van der Waals surface area contributed by atoms with Crippen LogP contribution in [0.5, 0.6) is 0 Å². The predicted octanol–water partition coefficient (Wildman–Crippen LogP) is 2.14. The molecule has 0 saturated carbocycles. The van der Waals surface area contributed by atoms with E-state index in [1.54, 1.807) is 0 Å². The molecule has 0 fully saturated rings. The zero-order valence-electron chi connectivity index (χ0n) is 9.37. The van der Waals surface area contributed by atoms with Gasteiger partial charge in [0, 0.05) is 5.39 Å². The average Bonchev–Trinajstić information content (AvgIpc) is 2.19. The Morgan fingerprint density at radius 2 is 1.88 bits per heavy atom. The molecule has 1 amide bonds. The highest BCUT2D eigenvalue weighted by molar-refractivity contribution is 6.08. The van der Waals surface area contributed by atoms with Crippen molar-refractivity contribution < 1.29 is 4.79 Å². The second kappa shape index (κ2) is 3.52. The summed E-state index contributed by atoms with van der Waals surface area (Å²) in [4.78, 5) is 11.3. The van der Waals surface area contributed by atoms with E-state index in [0.29, 0.717) is 11.3 Å². The topological polar surface area (TPSA) is 69.1 Å². The first-order valence-electron chi connectivity index (χ1n) is 5.10. The number of hydrogen-bond donors (Lipinski definition) is 2. The molecule has 2 aromatic rings. The van der Waals surface area contributed by atoms with Crippen molar-refractivity contribution in [1.29, 1.82) is 0 Å². The number of anilines is 1. The molecule has 0 spiro atoms. The van der Waals surface area contributed by atoms with Crippen molar-refractivity contribution in [3.63, 3.8) is 0 Å². The highest BCUT2D eigenvalue weighted by Gasteiger charge is 2.12. The van der Waals surface area contributed by atoms with E-state index in [4.69, 9.17) is 11.5 Å². The maximum Gasteiger partial charge on any atom is 0.251 e. The molecule has 0 aliphatic heterocycles. The summed E-state index contributed by atoms with van der Waals surface area (Å²) < 4.78 is 0. The molecule has 0 unspecified atom stereocenters. The molecule has 82 valence electrons. The van der Waals surface area contributed by atoms with Crippen molar-refractivity contribution in [2.45, 2.75) is 13.8 Å². The fourth-order valence-electron chi connectivity index (χ4n) is 2.01. The van der Waals surface area contributed by atoms with Crippen LogP contribution in [-0.4, -0.2) is 5.91 Å². The second-order valence-electron chi connectivity index (χ2n) is 4.07. The Hall–Kier alpha value is -2.03. The molecule has 3 heteroatoms. The number of hydrogen-bond acceptors (Lipinski definition) is 2. The number of primary amides is 1. The van der Waals surface area contributed by atoms with E-state index in [-0.39, 0.29) is 0 Å². The number of amides is 1. The van der Waals surface area contributed by atoms with E-state index in [9.17, 15) is 4.79 Å². The standard InChI is InChI=1S/C13H14N2O/c1-7-3-4-9-6-8(2)11(13(15)16)12(14)10(9)5-7/h3-6H,14H2,1-2H3,(H2,15,16). The number of carbonyl (C=O) groups excluding carboxylic acids is 1. The highest BCUT2D eigenvalue weighted by atomic mass is 16.1. The van der Waals surface area contributed by atoms with Crippen molar-refractivity contribution in [3.05, 3.63) is 41.0 Å². The SMILES string of the molecule is Cc1ccc2cc(C)c(C(N)=O)c(N)c2c1. The third kappa shape index (κ3) is 1.50. The maximum absolute atomic E-state index is 11.3. The van der Waals surface area contributed by atoms with Gasteiger partial charge >= 0.3 is 0 Å². The molecule has 0 aliphatic carbocycles. The molecule has 0 heterocycles. The molecule has 16 heavy (non-hydrogen) atoms. The van der Waals surface area contributed by atoms with Crippen LogP contribution < -0.4 is 11.5 Å². The number of fused-ring (bicyclic) bond motifs is 1. The molecular formula is C13H14N2O. The van der Waals surface area contributed by atoms with Crippen LogP contribution in [0.15, 0.2) is 24.3 Å². The Morgan fingerprint density at radius 3 is 2.50 bits per heavy atom. The average molecular weight is 214 g/mol. The van der Waals surface area contributed by atoms with Crippen molar-refractivity contribution in [2.75, 3.05) is 5.73 Å². The minimum atomic E-state index is -0.474. The summed E-state index contributed by atoms with van der Waals surface area (Å²) in [5, 5.41) is 1.92. The van der Waals surface area contributed by atoms with Crippen molar-refractivity contribution in [2.24, 2.45) is 5.73 Å². The Labute approximate surface area is 94.0 Å². The normalized spacial score (nSPS) is 10.6. The summed E-state index contributed by atoms with van der Waals surface area (Å²) in [6.07, 6.45) is 0. The van der Waals surface area contributed by atoms with Gasteiger partial charge in [-0.25, -0.2) is 0 Å². The van der Waals surface area contributed by atoms with E-state index in [0.717, 1.165) is 21.9 Å². The summed E-state index contributed by atoms with van der Waals surface area (Å²) in [6, 6.07) is 7.92. The van der Waals surface area contributed by atoms with Crippen molar-refractivity contribution in [3.8, 4) is 0 Å². The number of carbonyl (C=O) groups is 1. The zero-order valence-corrected chi connectivity index (χ0v) is 9.37. The van der Waals surface area contributed by atoms with Crippen molar-refractivity contribution >= 4 is 22.4 Å². The van der Waals surface area contributed by atoms with Gasteiger partial charge < -0.3 is 11.5 Å². The maximum atomic E-state index is 11.3. The molecule has 2 rings (SSSR count). The van der Waals surface area contributed by atoms with E-state index < -0.39 is 5.91 Å². The third-order valence-electron chi connectivity index (χ3n) is 2.78. The Kier molecular flexibility index (Phi) is 2.31. The molecule has 0 atom stereocenters. The van der Waals surface area contributed by atoms with Gasteiger partial charge in [0.15, 0.2) is 0 Å². The predicted molar refractivity (Wildman–Crippen MR) is 66.4 cm³/mol. The number of benzene rings is 2. The van der Waals surface area contributed by atoms with Gasteiger partial charge in [0.1, 0.15) is 0 Å². The van der Waals surface area contributed by atoms with E-state index in [2.05, 4.69) is 0 Å². The lowest BCUT2D eigenvalue weighted by molar-refractivity contribution is 0.100. The van der Waals surface area contributed by atoms with Gasteiger partial charge in [-0.15, -0.1) is 0 Å². The van der Waals surface area contributed by atoms with Crippen LogP contribution in [0.4, 0.5) is 5.69 Å². The molecule has 3 nitrogen and oxygen atoms in total. The summed E-state index contributed by atoms with van der Waals surface area (Å²) in [5.74, 6) is -0.474.